The van der Waals surface area contributed by atoms with Gasteiger partial charge in [-0.1, -0.05) is 18.2 Å². The van der Waals surface area contributed by atoms with Gasteiger partial charge in [0.1, 0.15) is 0 Å². The van der Waals surface area contributed by atoms with Gasteiger partial charge in [-0.2, -0.15) is 4.99 Å². The molecule has 1 unspecified atom stereocenters. The Morgan fingerprint density at radius 3 is 2.78 bits per heavy atom. The maximum Gasteiger partial charge on any atom is 0.263 e. The summed E-state index contributed by atoms with van der Waals surface area (Å²) in [5.41, 5.74) is 6.93. The lowest BCUT2D eigenvalue weighted by atomic mass is 10.2. The number of carbonyl (C=O) groups excluding carboxylic acids is 1. The molecule has 0 aromatic heterocycles. The molecule has 1 aromatic rings. The van der Waals surface area contributed by atoms with Crippen LogP contribution in [0.2, 0.25) is 0 Å². The van der Waals surface area contributed by atoms with Crippen LogP contribution in [-0.4, -0.2) is 23.7 Å². The fourth-order valence-electron chi connectivity index (χ4n) is 1.52. The molecule has 18 heavy (non-hydrogen) atoms. The Labute approximate surface area is 103 Å². The predicted octanol–water partition coefficient (Wildman–Crippen LogP) is 0.605. The molecule has 1 aliphatic rings. The number of aliphatic imine (C=N–C) groups is 2. The Hall–Kier alpha value is -2.57. The number of hydrogen-bond acceptors (Lipinski definition) is 5. The Balaban J connectivity index is 2.47. The average Bonchev–Trinajstić information content (AvgIpc) is 2.31. The van der Waals surface area contributed by atoms with Crippen molar-refractivity contribution < 1.29 is 4.79 Å². The van der Waals surface area contributed by atoms with E-state index in [1.165, 1.54) is 0 Å². The summed E-state index contributed by atoms with van der Waals surface area (Å²) >= 11 is 0. The Morgan fingerprint density at radius 2 is 2.11 bits per heavy atom. The van der Waals surface area contributed by atoms with Gasteiger partial charge in [0, 0.05) is 0 Å². The number of benzene rings is 1. The van der Waals surface area contributed by atoms with Crippen LogP contribution in [0.4, 0.5) is 5.69 Å². The molecule has 7 heteroatoms. The largest absolute Gasteiger partial charge is 0.369 e. The summed E-state index contributed by atoms with van der Waals surface area (Å²) in [6, 6.07) is 6.00. The molecule has 1 heterocycles. The first-order chi connectivity index (χ1) is 8.61. The van der Waals surface area contributed by atoms with Gasteiger partial charge in [-0.15, -0.1) is 4.91 Å². The first-order valence-corrected chi connectivity index (χ1v) is 5.23. The van der Waals surface area contributed by atoms with Crippen molar-refractivity contribution in [1.82, 2.24) is 5.32 Å². The van der Waals surface area contributed by atoms with E-state index in [0.29, 0.717) is 5.69 Å². The monoisotopic (exact) mass is 245 g/mol. The molecule has 1 aliphatic heterocycles. The number of amides is 1. The van der Waals surface area contributed by atoms with Gasteiger partial charge in [-0.05, 0) is 23.7 Å². The van der Waals surface area contributed by atoms with E-state index < -0.39 is 11.9 Å². The molecule has 7 nitrogen and oxygen atoms in total. The van der Waals surface area contributed by atoms with Crippen molar-refractivity contribution in [3.05, 3.63) is 34.7 Å². The van der Waals surface area contributed by atoms with Gasteiger partial charge in [-0.3, -0.25) is 10.1 Å². The fraction of sp³-hybridized carbons (Fsp3) is 0.182. The number of nitrogens with zero attached hydrogens (tertiary/aromatic N) is 3. The van der Waals surface area contributed by atoms with Crippen molar-refractivity contribution in [3.8, 4) is 0 Å². The molecule has 1 atom stereocenters. The topological polar surface area (TPSA) is 109 Å². The Morgan fingerprint density at radius 1 is 1.39 bits per heavy atom. The van der Waals surface area contributed by atoms with Gasteiger partial charge >= 0.3 is 0 Å². The minimum atomic E-state index is -1.27. The van der Waals surface area contributed by atoms with Crippen LogP contribution in [-0.2, 0) is 4.79 Å². The highest BCUT2D eigenvalue weighted by Crippen LogP contribution is 2.19. The zero-order valence-electron chi connectivity index (χ0n) is 9.62. The molecule has 0 saturated heterocycles. The average molecular weight is 245 g/mol. The van der Waals surface area contributed by atoms with Crippen LogP contribution in [0.15, 0.2) is 39.4 Å². The first kappa shape index (κ1) is 11.9. The van der Waals surface area contributed by atoms with Crippen molar-refractivity contribution in [3.63, 3.8) is 0 Å². The van der Waals surface area contributed by atoms with Crippen molar-refractivity contribution in [1.29, 1.82) is 0 Å². The maximum atomic E-state index is 11.5. The number of guanidine groups is 1. The van der Waals surface area contributed by atoms with Crippen LogP contribution in [0.3, 0.4) is 0 Å². The lowest BCUT2D eigenvalue weighted by Gasteiger charge is -2.15. The number of rotatable bonds is 2. The molecule has 1 aromatic carbocycles. The maximum absolute atomic E-state index is 11.5. The highest BCUT2D eigenvalue weighted by molar-refractivity contribution is 6.19. The van der Waals surface area contributed by atoms with Crippen LogP contribution in [0.5, 0.6) is 0 Å². The summed E-state index contributed by atoms with van der Waals surface area (Å²) in [5.74, 6) is -0.711. The van der Waals surface area contributed by atoms with Crippen LogP contribution in [0.25, 0.3) is 0 Å². The summed E-state index contributed by atoms with van der Waals surface area (Å²) in [5, 5.41) is 4.94. The van der Waals surface area contributed by atoms with Crippen LogP contribution in [0, 0.1) is 11.8 Å². The normalized spacial score (nSPS) is 21.4. The smallest absolute Gasteiger partial charge is 0.263 e. The quantitative estimate of drug-likeness (QED) is 0.744. The minimum Gasteiger partial charge on any atom is -0.369 e. The number of para-hydroxylation sites is 1. The summed E-state index contributed by atoms with van der Waals surface area (Å²) in [6.45, 7) is 1.86. The molecule has 2 rings (SSSR count). The van der Waals surface area contributed by atoms with Crippen molar-refractivity contribution in [2.45, 2.75) is 13.0 Å². The summed E-state index contributed by atoms with van der Waals surface area (Å²) in [4.78, 5) is 30.1. The molecule has 3 N–H and O–H groups in total. The minimum absolute atomic E-state index is 0.000509. The van der Waals surface area contributed by atoms with Gasteiger partial charge in [0.2, 0.25) is 12.0 Å². The molecule has 0 spiro atoms. The lowest BCUT2D eigenvalue weighted by molar-refractivity contribution is -0.119. The van der Waals surface area contributed by atoms with Crippen LogP contribution >= 0.6 is 0 Å². The highest BCUT2D eigenvalue weighted by atomic mass is 16.3. The van der Waals surface area contributed by atoms with Gasteiger partial charge in [0.25, 0.3) is 5.91 Å². The second-order valence-electron chi connectivity index (χ2n) is 3.75. The lowest BCUT2D eigenvalue weighted by Crippen LogP contribution is -2.49. The van der Waals surface area contributed by atoms with E-state index in [2.05, 4.69) is 20.5 Å². The van der Waals surface area contributed by atoms with Gasteiger partial charge in [0.05, 0.1) is 5.69 Å². The third-order valence-corrected chi connectivity index (χ3v) is 2.44. The zero-order chi connectivity index (χ0) is 13.1. The second-order valence-corrected chi connectivity index (χ2v) is 3.75. The van der Waals surface area contributed by atoms with E-state index in [-0.39, 0.29) is 11.8 Å². The number of aryl methyl sites for hydroxylation is 1. The molecule has 1 amide bonds. The summed E-state index contributed by atoms with van der Waals surface area (Å²) < 4.78 is 0. The number of nitrogens with two attached hydrogens (primary N) is 1. The van der Waals surface area contributed by atoms with E-state index >= 15 is 0 Å². The molecule has 0 aliphatic carbocycles. The first-order valence-electron chi connectivity index (χ1n) is 5.23. The van der Waals surface area contributed by atoms with E-state index in [0.717, 1.165) is 5.56 Å². The van der Waals surface area contributed by atoms with Gasteiger partial charge in [-0.25, -0.2) is 4.99 Å². The number of nitrogens with one attached hydrogen (secondary N) is 1. The summed E-state index contributed by atoms with van der Waals surface area (Å²) in [6.07, 6.45) is 0. The number of amidine groups is 1. The molecule has 0 radical (unpaired) electrons. The summed E-state index contributed by atoms with van der Waals surface area (Å²) in [7, 11) is 0. The SMILES string of the molecule is Cc1ccccc1N=C1N=C(N)NC(=O)C1N=O. The molecule has 0 saturated carbocycles. The van der Waals surface area contributed by atoms with Gasteiger partial charge in [0.15, 0.2) is 5.84 Å². The van der Waals surface area contributed by atoms with E-state index in [1.807, 2.05) is 19.1 Å². The number of carbonyl (C=O) groups is 1. The standard InChI is InChI=1S/C11H11N5O2/c1-6-4-2-3-5-7(6)13-9-8(16-18)10(17)15-11(12)14-9/h2-5,8H,1H3,(H3,12,13,14,15,17). The van der Waals surface area contributed by atoms with Crippen molar-refractivity contribution >= 4 is 23.4 Å². The van der Waals surface area contributed by atoms with E-state index in [9.17, 15) is 9.70 Å². The molecule has 0 bridgehead atoms. The second kappa shape index (κ2) is 4.74. The third-order valence-electron chi connectivity index (χ3n) is 2.44. The predicted molar refractivity (Wildman–Crippen MR) is 67.6 cm³/mol. The van der Waals surface area contributed by atoms with Crippen LogP contribution < -0.4 is 11.1 Å². The molecular formula is C11H11N5O2. The molecule has 92 valence electrons. The Bertz CT molecular complexity index is 564. The van der Waals surface area contributed by atoms with Crippen molar-refractivity contribution in [2.75, 3.05) is 0 Å². The number of hydrogen-bond donors (Lipinski definition) is 2. The van der Waals surface area contributed by atoms with E-state index in [4.69, 9.17) is 5.73 Å². The zero-order valence-corrected chi connectivity index (χ0v) is 9.62. The van der Waals surface area contributed by atoms with Crippen molar-refractivity contribution in [2.24, 2.45) is 20.9 Å². The molecule has 0 fully saturated rings. The van der Waals surface area contributed by atoms with Crippen LogP contribution in [0.1, 0.15) is 5.56 Å². The number of nitroso groups, excluding NO2 is 1. The third kappa shape index (κ3) is 2.24. The van der Waals surface area contributed by atoms with Gasteiger partial charge < -0.3 is 5.73 Å². The fourth-order valence-corrected chi connectivity index (χ4v) is 1.52. The van der Waals surface area contributed by atoms with E-state index in [1.54, 1.807) is 12.1 Å². The molecular weight excluding hydrogens is 234 g/mol. The highest BCUT2D eigenvalue weighted by Gasteiger charge is 2.30. The Kier molecular flexibility index (Phi) is 3.13.